The molecule has 2 aromatic rings. The molecule has 1 fully saturated rings. The van der Waals surface area contributed by atoms with Crippen molar-refractivity contribution in [2.45, 2.75) is 26.2 Å². The van der Waals surface area contributed by atoms with Gasteiger partial charge in [-0.1, -0.05) is 12.1 Å². The topological polar surface area (TPSA) is 40.6 Å². The van der Waals surface area contributed by atoms with Gasteiger partial charge in [-0.3, -0.25) is 9.59 Å². The largest absolute Gasteiger partial charge is 0.312 e. The van der Waals surface area contributed by atoms with Gasteiger partial charge in [-0.25, -0.2) is 4.39 Å². The van der Waals surface area contributed by atoms with Crippen molar-refractivity contribution in [1.82, 2.24) is 0 Å². The maximum Gasteiger partial charge on any atom is 0.231 e. The van der Waals surface area contributed by atoms with Crippen molar-refractivity contribution in [2.75, 3.05) is 22.9 Å². The van der Waals surface area contributed by atoms with Crippen molar-refractivity contribution >= 4 is 23.2 Å². The number of carbonyl (C=O) groups is 2. The van der Waals surface area contributed by atoms with Gasteiger partial charge in [0, 0.05) is 30.9 Å². The molecule has 1 aliphatic rings. The van der Waals surface area contributed by atoms with Gasteiger partial charge in [-0.15, -0.1) is 0 Å². The Hall–Kier alpha value is -2.69. The van der Waals surface area contributed by atoms with E-state index in [1.54, 1.807) is 21.9 Å². The summed E-state index contributed by atoms with van der Waals surface area (Å²) in [6.07, 6.45) is 1.75. The molecule has 3 rings (SSSR count). The molecule has 25 heavy (non-hydrogen) atoms. The van der Waals surface area contributed by atoms with Crippen molar-refractivity contribution in [2.24, 2.45) is 0 Å². The standard InChI is InChI=1S/C20H21FN2O2/c1-2-22(17-11-7-16(21)8-12-17)20(25)14-15-5-9-18(10-6-15)23-13-3-4-19(23)24/h5-12H,2-4,13-14H2,1H3. The van der Waals surface area contributed by atoms with Gasteiger partial charge in [-0.05, 0) is 55.3 Å². The van der Waals surface area contributed by atoms with Crippen LogP contribution in [0.15, 0.2) is 48.5 Å². The minimum absolute atomic E-state index is 0.0425. The molecule has 0 spiro atoms. The number of carbonyl (C=O) groups excluding carboxylic acids is 2. The van der Waals surface area contributed by atoms with Crippen LogP contribution in [-0.4, -0.2) is 24.9 Å². The molecule has 2 aromatic carbocycles. The zero-order chi connectivity index (χ0) is 17.8. The van der Waals surface area contributed by atoms with E-state index in [9.17, 15) is 14.0 Å². The second-order valence-electron chi connectivity index (χ2n) is 6.11. The van der Waals surface area contributed by atoms with E-state index in [-0.39, 0.29) is 24.1 Å². The highest BCUT2D eigenvalue weighted by Crippen LogP contribution is 2.22. The van der Waals surface area contributed by atoms with Crippen LogP contribution < -0.4 is 9.80 Å². The highest BCUT2D eigenvalue weighted by molar-refractivity contribution is 5.96. The third-order valence-corrected chi connectivity index (χ3v) is 4.43. The van der Waals surface area contributed by atoms with Crippen LogP contribution in [0.3, 0.4) is 0 Å². The number of benzene rings is 2. The molecule has 1 heterocycles. The van der Waals surface area contributed by atoms with Gasteiger partial charge in [0.05, 0.1) is 6.42 Å². The first-order valence-corrected chi connectivity index (χ1v) is 8.53. The van der Waals surface area contributed by atoms with Crippen molar-refractivity contribution in [3.63, 3.8) is 0 Å². The van der Waals surface area contributed by atoms with E-state index < -0.39 is 0 Å². The SMILES string of the molecule is CCN(C(=O)Cc1ccc(N2CCCC2=O)cc1)c1ccc(F)cc1. The molecule has 5 heteroatoms. The lowest BCUT2D eigenvalue weighted by Gasteiger charge is -2.21. The predicted octanol–water partition coefficient (Wildman–Crippen LogP) is 3.55. The fourth-order valence-corrected chi connectivity index (χ4v) is 3.11. The van der Waals surface area contributed by atoms with Crippen LogP contribution in [0, 0.1) is 5.82 Å². The minimum Gasteiger partial charge on any atom is -0.312 e. The number of amides is 2. The lowest BCUT2D eigenvalue weighted by atomic mass is 10.1. The summed E-state index contributed by atoms with van der Waals surface area (Å²) in [6, 6.07) is 13.5. The quantitative estimate of drug-likeness (QED) is 0.835. The highest BCUT2D eigenvalue weighted by atomic mass is 19.1. The van der Waals surface area contributed by atoms with Gasteiger partial charge in [0.1, 0.15) is 5.82 Å². The third-order valence-electron chi connectivity index (χ3n) is 4.43. The van der Waals surface area contributed by atoms with E-state index in [0.717, 1.165) is 24.2 Å². The molecule has 0 radical (unpaired) electrons. The van der Waals surface area contributed by atoms with E-state index >= 15 is 0 Å². The molecule has 130 valence electrons. The van der Waals surface area contributed by atoms with Crippen LogP contribution in [0.4, 0.5) is 15.8 Å². The molecular formula is C20H21FN2O2. The molecule has 0 saturated carbocycles. The third kappa shape index (κ3) is 3.87. The molecule has 0 aromatic heterocycles. The molecule has 1 saturated heterocycles. The zero-order valence-corrected chi connectivity index (χ0v) is 14.2. The normalized spacial score (nSPS) is 14.0. The second-order valence-corrected chi connectivity index (χ2v) is 6.11. The summed E-state index contributed by atoms with van der Waals surface area (Å²) in [6.45, 7) is 3.17. The first-order chi connectivity index (χ1) is 12.1. The van der Waals surface area contributed by atoms with Crippen molar-refractivity contribution < 1.29 is 14.0 Å². The van der Waals surface area contributed by atoms with Crippen LogP contribution in [0.1, 0.15) is 25.3 Å². The molecule has 0 bridgehead atoms. The minimum atomic E-state index is -0.320. The molecule has 1 aliphatic heterocycles. The number of hydrogen-bond donors (Lipinski definition) is 0. The van der Waals surface area contributed by atoms with Gasteiger partial charge >= 0.3 is 0 Å². The summed E-state index contributed by atoms with van der Waals surface area (Å²) in [5, 5.41) is 0. The van der Waals surface area contributed by atoms with Gasteiger partial charge in [-0.2, -0.15) is 0 Å². The maximum atomic E-state index is 13.1. The number of halogens is 1. The number of hydrogen-bond acceptors (Lipinski definition) is 2. The summed E-state index contributed by atoms with van der Waals surface area (Å²) in [5.41, 5.74) is 2.46. The molecular weight excluding hydrogens is 319 g/mol. The fourth-order valence-electron chi connectivity index (χ4n) is 3.11. The molecule has 4 nitrogen and oxygen atoms in total. The average molecular weight is 340 g/mol. The lowest BCUT2D eigenvalue weighted by molar-refractivity contribution is -0.118. The Balaban J connectivity index is 1.69. The summed E-state index contributed by atoms with van der Waals surface area (Å²) in [4.78, 5) is 27.8. The second kappa shape index (κ2) is 7.47. The van der Waals surface area contributed by atoms with Crippen molar-refractivity contribution in [3.8, 4) is 0 Å². The number of nitrogens with zero attached hydrogens (tertiary/aromatic N) is 2. The van der Waals surface area contributed by atoms with E-state index in [1.807, 2.05) is 31.2 Å². The van der Waals surface area contributed by atoms with Crippen LogP contribution in [-0.2, 0) is 16.0 Å². The maximum absolute atomic E-state index is 13.1. The van der Waals surface area contributed by atoms with E-state index in [0.29, 0.717) is 18.7 Å². The van der Waals surface area contributed by atoms with E-state index in [1.165, 1.54) is 12.1 Å². The molecule has 0 unspecified atom stereocenters. The van der Waals surface area contributed by atoms with Gasteiger partial charge < -0.3 is 9.80 Å². The van der Waals surface area contributed by atoms with Gasteiger partial charge in [0.2, 0.25) is 11.8 Å². The van der Waals surface area contributed by atoms with Crippen LogP contribution in [0.25, 0.3) is 0 Å². The van der Waals surface area contributed by atoms with Crippen molar-refractivity contribution in [3.05, 3.63) is 59.9 Å². The average Bonchev–Trinajstić information content (AvgIpc) is 3.04. The number of anilines is 2. The molecule has 0 aliphatic carbocycles. The molecule has 0 N–H and O–H groups in total. The predicted molar refractivity (Wildman–Crippen MR) is 96.2 cm³/mol. The van der Waals surface area contributed by atoms with E-state index in [2.05, 4.69) is 0 Å². The number of rotatable bonds is 5. The van der Waals surface area contributed by atoms with E-state index in [4.69, 9.17) is 0 Å². The Morgan fingerprint density at radius 3 is 2.36 bits per heavy atom. The first-order valence-electron chi connectivity index (χ1n) is 8.53. The Bertz CT molecular complexity index is 756. The van der Waals surface area contributed by atoms with Gasteiger partial charge in [0.25, 0.3) is 0 Å². The lowest BCUT2D eigenvalue weighted by Crippen LogP contribution is -2.32. The summed E-state index contributed by atoms with van der Waals surface area (Å²) in [7, 11) is 0. The van der Waals surface area contributed by atoms with Crippen LogP contribution >= 0.6 is 0 Å². The Kier molecular flexibility index (Phi) is 5.12. The highest BCUT2D eigenvalue weighted by Gasteiger charge is 2.21. The molecule has 2 amide bonds. The molecule has 0 atom stereocenters. The Labute approximate surface area is 146 Å². The first kappa shape index (κ1) is 17.1. The number of likely N-dealkylation sites (N-methyl/N-ethyl adjacent to an activating group) is 1. The summed E-state index contributed by atoms with van der Waals surface area (Å²) in [5.74, 6) is -0.212. The monoisotopic (exact) mass is 340 g/mol. The van der Waals surface area contributed by atoms with Crippen LogP contribution in [0.5, 0.6) is 0 Å². The summed E-state index contributed by atoms with van der Waals surface area (Å²) < 4.78 is 13.1. The van der Waals surface area contributed by atoms with Crippen LogP contribution in [0.2, 0.25) is 0 Å². The zero-order valence-electron chi connectivity index (χ0n) is 14.2. The Morgan fingerprint density at radius 1 is 1.12 bits per heavy atom. The smallest absolute Gasteiger partial charge is 0.231 e. The van der Waals surface area contributed by atoms with Crippen molar-refractivity contribution in [1.29, 1.82) is 0 Å². The fraction of sp³-hybridized carbons (Fsp3) is 0.300. The Morgan fingerprint density at radius 2 is 1.80 bits per heavy atom. The summed E-state index contributed by atoms with van der Waals surface area (Å²) >= 11 is 0. The van der Waals surface area contributed by atoms with Gasteiger partial charge in [0.15, 0.2) is 0 Å².